The number of carbonyl (C=O) groups is 2. The third-order valence-electron chi connectivity index (χ3n) is 5.91. The second-order valence-electron chi connectivity index (χ2n) is 8.43. The number of carboxylic acid groups (broad SMARTS) is 1. The number of rotatable bonds is 8. The Morgan fingerprint density at radius 1 is 1.08 bits per heavy atom. The van der Waals surface area contributed by atoms with Gasteiger partial charge in [0.15, 0.2) is 11.4 Å². The van der Waals surface area contributed by atoms with Gasteiger partial charge in [-0.15, -0.1) is 0 Å². The van der Waals surface area contributed by atoms with E-state index in [0.717, 1.165) is 12.1 Å². The van der Waals surface area contributed by atoms with Crippen LogP contribution in [0, 0.1) is 18.6 Å². The molecule has 0 aliphatic carbocycles. The van der Waals surface area contributed by atoms with Crippen molar-refractivity contribution in [3.05, 3.63) is 101 Å². The Kier molecular flexibility index (Phi) is 6.71. The Morgan fingerprint density at radius 3 is 2.36 bits per heavy atom. The minimum absolute atomic E-state index is 0.0748. The fourth-order valence-electron chi connectivity index (χ4n) is 3.86. The smallest absolute Gasteiger partial charge is 0.335 e. The molecule has 0 saturated heterocycles. The molecule has 1 unspecified atom stereocenters. The SMILES string of the molecule is Cc1nc2c(OCc3c(F)cccc3F)cccn2c1C(=O)NC(C)(CO)c1ccc(C(=O)O)cc1. The number of hydrogen-bond acceptors (Lipinski definition) is 5. The number of halogens is 2. The molecule has 36 heavy (non-hydrogen) atoms. The molecule has 0 fully saturated rings. The number of nitrogens with one attached hydrogen (secondary N) is 1. The van der Waals surface area contributed by atoms with Crippen LogP contribution in [0.3, 0.4) is 0 Å². The molecular formula is C26H23F2N3O5. The summed E-state index contributed by atoms with van der Waals surface area (Å²) in [5, 5.41) is 22.0. The summed E-state index contributed by atoms with van der Waals surface area (Å²) in [6, 6.07) is 12.5. The van der Waals surface area contributed by atoms with Gasteiger partial charge in [-0.1, -0.05) is 18.2 Å². The molecule has 3 N–H and O–H groups in total. The average Bonchev–Trinajstić information content (AvgIpc) is 3.20. The first-order valence-corrected chi connectivity index (χ1v) is 10.9. The van der Waals surface area contributed by atoms with Gasteiger partial charge in [0.25, 0.3) is 5.91 Å². The predicted octanol–water partition coefficient (Wildman–Crippen LogP) is 3.84. The summed E-state index contributed by atoms with van der Waals surface area (Å²) in [6.45, 7) is 2.40. The van der Waals surface area contributed by atoms with Gasteiger partial charge >= 0.3 is 5.97 Å². The van der Waals surface area contributed by atoms with E-state index in [4.69, 9.17) is 9.84 Å². The molecular weight excluding hydrogens is 472 g/mol. The van der Waals surface area contributed by atoms with E-state index in [1.807, 2.05) is 0 Å². The Labute approximate surface area is 204 Å². The van der Waals surface area contributed by atoms with Crippen molar-refractivity contribution < 1.29 is 33.3 Å². The molecule has 0 aliphatic heterocycles. The lowest BCUT2D eigenvalue weighted by Crippen LogP contribution is -2.46. The van der Waals surface area contributed by atoms with E-state index >= 15 is 0 Å². The zero-order valence-corrected chi connectivity index (χ0v) is 19.5. The molecule has 1 amide bonds. The van der Waals surface area contributed by atoms with Gasteiger partial charge in [0, 0.05) is 6.20 Å². The molecule has 2 aromatic carbocycles. The molecule has 4 rings (SSSR count). The third kappa shape index (κ3) is 4.63. The molecule has 0 saturated carbocycles. The molecule has 4 aromatic rings. The van der Waals surface area contributed by atoms with Gasteiger partial charge in [-0.25, -0.2) is 18.6 Å². The topological polar surface area (TPSA) is 113 Å². The van der Waals surface area contributed by atoms with Crippen LogP contribution in [0.25, 0.3) is 5.65 Å². The minimum atomic E-state index is -1.22. The first-order chi connectivity index (χ1) is 17.1. The number of imidazole rings is 1. The van der Waals surface area contributed by atoms with E-state index in [1.54, 1.807) is 32.2 Å². The summed E-state index contributed by atoms with van der Waals surface area (Å²) in [6.07, 6.45) is 1.60. The summed E-state index contributed by atoms with van der Waals surface area (Å²) in [4.78, 5) is 28.9. The summed E-state index contributed by atoms with van der Waals surface area (Å²) < 4.78 is 35.1. The first kappa shape index (κ1) is 24.8. The summed E-state index contributed by atoms with van der Waals surface area (Å²) in [7, 11) is 0. The number of ether oxygens (including phenoxy) is 1. The maximum atomic E-state index is 14.0. The monoisotopic (exact) mass is 495 g/mol. The van der Waals surface area contributed by atoms with E-state index in [1.165, 1.54) is 34.7 Å². The fraction of sp³-hybridized carbons (Fsp3) is 0.192. The molecule has 0 aliphatic rings. The van der Waals surface area contributed by atoms with Crippen molar-refractivity contribution in [2.45, 2.75) is 26.0 Å². The van der Waals surface area contributed by atoms with Crippen LogP contribution in [-0.2, 0) is 12.1 Å². The highest BCUT2D eigenvalue weighted by atomic mass is 19.1. The molecule has 0 spiro atoms. The summed E-state index contributed by atoms with van der Waals surface area (Å²) >= 11 is 0. The highest BCUT2D eigenvalue weighted by Gasteiger charge is 2.31. The van der Waals surface area contributed by atoms with Gasteiger partial charge in [0.1, 0.15) is 23.9 Å². The van der Waals surface area contributed by atoms with Crippen LogP contribution in [0.4, 0.5) is 8.78 Å². The van der Waals surface area contributed by atoms with Crippen molar-refractivity contribution in [2.75, 3.05) is 6.61 Å². The van der Waals surface area contributed by atoms with Crippen molar-refractivity contribution in [3.63, 3.8) is 0 Å². The zero-order valence-electron chi connectivity index (χ0n) is 19.5. The first-order valence-electron chi connectivity index (χ1n) is 10.9. The number of benzene rings is 2. The van der Waals surface area contributed by atoms with Gasteiger partial charge in [-0.2, -0.15) is 0 Å². The molecule has 1 atom stereocenters. The van der Waals surface area contributed by atoms with E-state index in [0.29, 0.717) is 11.3 Å². The number of fused-ring (bicyclic) bond motifs is 1. The Balaban J connectivity index is 1.63. The van der Waals surface area contributed by atoms with Crippen molar-refractivity contribution in [1.82, 2.24) is 14.7 Å². The number of aromatic nitrogens is 2. The number of aliphatic hydroxyl groups excluding tert-OH is 1. The molecule has 2 heterocycles. The van der Waals surface area contributed by atoms with Gasteiger partial charge in [-0.3, -0.25) is 9.20 Å². The molecule has 10 heteroatoms. The number of carboxylic acids is 1. The standard InChI is InChI=1S/C26H23F2N3O5/c1-15-22(24(33)30-26(2,14-32)17-10-8-16(9-11-17)25(34)35)31-12-4-7-21(23(31)29-15)36-13-18-19(27)5-3-6-20(18)28/h3-12,32H,13-14H2,1-2H3,(H,30,33)(H,34,35). The lowest BCUT2D eigenvalue weighted by Gasteiger charge is -2.29. The Morgan fingerprint density at radius 2 is 1.75 bits per heavy atom. The van der Waals surface area contributed by atoms with Crippen molar-refractivity contribution in [2.24, 2.45) is 0 Å². The highest BCUT2D eigenvalue weighted by molar-refractivity contribution is 5.95. The maximum Gasteiger partial charge on any atom is 0.335 e. The van der Waals surface area contributed by atoms with Crippen molar-refractivity contribution >= 4 is 17.5 Å². The number of carbonyl (C=O) groups excluding carboxylic acids is 1. The molecule has 0 radical (unpaired) electrons. The second-order valence-corrected chi connectivity index (χ2v) is 8.43. The molecule has 186 valence electrons. The number of aromatic carboxylic acids is 1. The lowest BCUT2D eigenvalue weighted by molar-refractivity contribution is 0.0695. The van der Waals surface area contributed by atoms with Crippen LogP contribution in [0.1, 0.15) is 44.6 Å². The van der Waals surface area contributed by atoms with Crippen LogP contribution in [-0.4, -0.2) is 38.1 Å². The van der Waals surface area contributed by atoms with Crippen LogP contribution in [0.2, 0.25) is 0 Å². The van der Waals surface area contributed by atoms with Gasteiger partial charge in [0.2, 0.25) is 0 Å². The Hall–Kier alpha value is -4.31. The van der Waals surface area contributed by atoms with Gasteiger partial charge in [0.05, 0.1) is 29.0 Å². The normalized spacial score (nSPS) is 12.8. The van der Waals surface area contributed by atoms with Crippen LogP contribution >= 0.6 is 0 Å². The van der Waals surface area contributed by atoms with E-state index in [2.05, 4.69) is 10.3 Å². The molecule has 8 nitrogen and oxygen atoms in total. The Bertz CT molecular complexity index is 1430. The van der Waals surface area contributed by atoms with Gasteiger partial charge in [-0.05, 0) is 55.8 Å². The van der Waals surface area contributed by atoms with E-state index in [-0.39, 0.29) is 34.8 Å². The average molecular weight is 495 g/mol. The minimum Gasteiger partial charge on any atom is -0.485 e. The second kappa shape index (κ2) is 9.74. The summed E-state index contributed by atoms with van der Waals surface area (Å²) in [5.74, 6) is -2.89. The van der Waals surface area contributed by atoms with Crippen LogP contribution in [0.15, 0.2) is 60.8 Å². The van der Waals surface area contributed by atoms with Crippen LogP contribution < -0.4 is 10.1 Å². The highest BCUT2D eigenvalue weighted by Crippen LogP contribution is 2.26. The fourth-order valence-corrected chi connectivity index (χ4v) is 3.86. The lowest BCUT2D eigenvalue weighted by atomic mass is 9.91. The van der Waals surface area contributed by atoms with Crippen LogP contribution in [0.5, 0.6) is 5.75 Å². The van der Waals surface area contributed by atoms with E-state index in [9.17, 15) is 23.5 Å². The number of hydrogen-bond donors (Lipinski definition) is 3. The predicted molar refractivity (Wildman–Crippen MR) is 126 cm³/mol. The maximum absolute atomic E-state index is 14.0. The largest absolute Gasteiger partial charge is 0.485 e. The quantitative estimate of drug-likeness (QED) is 0.342. The zero-order chi connectivity index (χ0) is 26.0. The van der Waals surface area contributed by atoms with Crippen molar-refractivity contribution in [3.8, 4) is 5.75 Å². The summed E-state index contributed by atoms with van der Waals surface area (Å²) in [5.41, 5.74) is -0.0592. The number of aryl methyl sites for hydroxylation is 1. The number of pyridine rings is 1. The van der Waals surface area contributed by atoms with E-state index < -0.39 is 35.7 Å². The molecule has 0 bridgehead atoms. The number of amides is 1. The number of aliphatic hydroxyl groups is 1. The third-order valence-corrected chi connectivity index (χ3v) is 5.91. The van der Waals surface area contributed by atoms with Crippen molar-refractivity contribution in [1.29, 1.82) is 0 Å². The number of nitrogens with zero attached hydrogens (tertiary/aromatic N) is 2. The van der Waals surface area contributed by atoms with Gasteiger partial charge < -0.3 is 20.3 Å². The molecule has 2 aromatic heterocycles.